The molecule has 3 nitrogen and oxygen atoms in total. The summed E-state index contributed by atoms with van der Waals surface area (Å²) in [6, 6.07) is 0. The molecule has 80 valence electrons. The summed E-state index contributed by atoms with van der Waals surface area (Å²) < 4.78 is 1.86. The van der Waals surface area contributed by atoms with Gasteiger partial charge in [-0.2, -0.15) is 0 Å². The van der Waals surface area contributed by atoms with Gasteiger partial charge in [0.15, 0.2) is 0 Å². The zero-order valence-corrected chi connectivity index (χ0v) is 9.80. The molecule has 0 radical (unpaired) electrons. The van der Waals surface area contributed by atoms with Gasteiger partial charge in [-0.05, 0) is 18.8 Å². The van der Waals surface area contributed by atoms with Crippen molar-refractivity contribution < 1.29 is 0 Å². The molecule has 0 saturated carbocycles. The van der Waals surface area contributed by atoms with Gasteiger partial charge in [0.1, 0.15) is 11.0 Å². The molecule has 0 atom stereocenters. The standard InChI is InChI=1S/C10H18ClN3/c1-7(2)4-5-8-10(11)14(3)9(6-12)13-8/h7H,4-6,12H2,1-3H3. The molecule has 0 fully saturated rings. The lowest BCUT2D eigenvalue weighted by Crippen LogP contribution is -2.04. The van der Waals surface area contributed by atoms with E-state index < -0.39 is 0 Å². The van der Waals surface area contributed by atoms with Crippen LogP contribution >= 0.6 is 11.6 Å². The average molecular weight is 216 g/mol. The summed E-state index contributed by atoms with van der Waals surface area (Å²) in [4.78, 5) is 4.41. The van der Waals surface area contributed by atoms with E-state index in [-0.39, 0.29) is 0 Å². The quantitative estimate of drug-likeness (QED) is 0.836. The monoisotopic (exact) mass is 215 g/mol. The van der Waals surface area contributed by atoms with Crippen molar-refractivity contribution >= 4 is 11.6 Å². The minimum Gasteiger partial charge on any atom is -0.324 e. The number of halogens is 1. The fourth-order valence-corrected chi connectivity index (χ4v) is 1.59. The second-order valence-corrected chi connectivity index (χ2v) is 4.32. The lowest BCUT2D eigenvalue weighted by molar-refractivity contribution is 0.582. The number of hydrogen-bond donors (Lipinski definition) is 1. The first kappa shape index (κ1) is 11.5. The number of aryl methyl sites for hydroxylation is 1. The van der Waals surface area contributed by atoms with Gasteiger partial charge in [-0.25, -0.2) is 4.98 Å². The van der Waals surface area contributed by atoms with Gasteiger partial charge in [-0.15, -0.1) is 0 Å². The number of nitrogens with two attached hydrogens (primary N) is 1. The van der Waals surface area contributed by atoms with Gasteiger partial charge in [0.05, 0.1) is 12.2 Å². The Morgan fingerprint density at radius 1 is 1.50 bits per heavy atom. The van der Waals surface area contributed by atoms with Crippen molar-refractivity contribution in [2.75, 3.05) is 0 Å². The van der Waals surface area contributed by atoms with Crippen LogP contribution in [0, 0.1) is 5.92 Å². The van der Waals surface area contributed by atoms with Crippen LogP contribution in [-0.2, 0) is 20.0 Å². The summed E-state index contributed by atoms with van der Waals surface area (Å²) >= 11 is 6.12. The highest BCUT2D eigenvalue weighted by Gasteiger charge is 2.11. The van der Waals surface area contributed by atoms with Gasteiger partial charge >= 0.3 is 0 Å². The molecule has 0 bridgehead atoms. The molecular formula is C10H18ClN3. The summed E-state index contributed by atoms with van der Waals surface area (Å²) in [5, 5.41) is 0.728. The molecule has 4 heteroatoms. The predicted octanol–water partition coefficient (Wildman–Crippen LogP) is 2.12. The maximum Gasteiger partial charge on any atom is 0.131 e. The number of rotatable bonds is 4. The lowest BCUT2D eigenvalue weighted by Gasteiger charge is -2.01. The van der Waals surface area contributed by atoms with Crippen molar-refractivity contribution in [2.24, 2.45) is 18.7 Å². The molecular weight excluding hydrogens is 198 g/mol. The van der Waals surface area contributed by atoms with Crippen molar-refractivity contribution in [1.29, 1.82) is 0 Å². The molecule has 0 amide bonds. The zero-order valence-electron chi connectivity index (χ0n) is 9.05. The van der Waals surface area contributed by atoms with Crippen molar-refractivity contribution in [3.05, 3.63) is 16.7 Å². The Labute approximate surface area is 90.3 Å². The van der Waals surface area contributed by atoms with E-state index in [0.29, 0.717) is 12.5 Å². The van der Waals surface area contributed by atoms with E-state index in [1.54, 1.807) is 0 Å². The van der Waals surface area contributed by atoms with Crippen molar-refractivity contribution in [2.45, 2.75) is 33.2 Å². The van der Waals surface area contributed by atoms with Crippen LogP contribution in [-0.4, -0.2) is 9.55 Å². The zero-order chi connectivity index (χ0) is 10.7. The summed E-state index contributed by atoms with van der Waals surface area (Å²) in [7, 11) is 1.90. The number of aromatic nitrogens is 2. The van der Waals surface area contributed by atoms with E-state index in [9.17, 15) is 0 Å². The molecule has 14 heavy (non-hydrogen) atoms. The smallest absolute Gasteiger partial charge is 0.131 e. The fraction of sp³-hybridized carbons (Fsp3) is 0.700. The topological polar surface area (TPSA) is 43.8 Å². The van der Waals surface area contributed by atoms with Gasteiger partial charge in [0.25, 0.3) is 0 Å². The molecule has 0 saturated heterocycles. The van der Waals surface area contributed by atoms with Gasteiger partial charge in [-0.1, -0.05) is 25.4 Å². The van der Waals surface area contributed by atoms with Crippen LogP contribution in [0.15, 0.2) is 0 Å². The lowest BCUT2D eigenvalue weighted by atomic mass is 10.1. The highest BCUT2D eigenvalue weighted by molar-refractivity contribution is 6.30. The molecule has 2 N–H and O–H groups in total. The first-order chi connectivity index (χ1) is 6.56. The van der Waals surface area contributed by atoms with Gasteiger partial charge < -0.3 is 10.3 Å². The van der Waals surface area contributed by atoms with Crippen LogP contribution < -0.4 is 5.73 Å². The molecule has 0 aliphatic heterocycles. The first-order valence-corrected chi connectivity index (χ1v) is 5.34. The molecule has 0 aliphatic rings. The van der Waals surface area contributed by atoms with Crippen LogP contribution in [0.2, 0.25) is 5.15 Å². The summed E-state index contributed by atoms with van der Waals surface area (Å²) in [5.41, 5.74) is 6.52. The second-order valence-electron chi connectivity index (χ2n) is 3.96. The van der Waals surface area contributed by atoms with Crippen LogP contribution in [0.1, 0.15) is 31.8 Å². The minimum absolute atomic E-state index is 0.442. The molecule has 0 spiro atoms. The minimum atomic E-state index is 0.442. The van der Waals surface area contributed by atoms with Gasteiger partial charge in [0, 0.05) is 7.05 Å². The third-order valence-corrected chi connectivity index (χ3v) is 2.80. The van der Waals surface area contributed by atoms with Crippen LogP contribution in [0.4, 0.5) is 0 Å². The fourth-order valence-electron chi connectivity index (χ4n) is 1.35. The third kappa shape index (κ3) is 2.49. The SMILES string of the molecule is CC(C)CCc1nc(CN)n(C)c1Cl. The van der Waals surface area contributed by atoms with E-state index in [1.807, 2.05) is 11.6 Å². The third-order valence-electron chi connectivity index (χ3n) is 2.32. The van der Waals surface area contributed by atoms with E-state index in [1.165, 1.54) is 0 Å². The van der Waals surface area contributed by atoms with Crippen molar-refractivity contribution in [3.8, 4) is 0 Å². The molecule has 0 aliphatic carbocycles. The van der Waals surface area contributed by atoms with Crippen LogP contribution in [0.25, 0.3) is 0 Å². The Morgan fingerprint density at radius 2 is 2.14 bits per heavy atom. The largest absolute Gasteiger partial charge is 0.324 e. The maximum absolute atomic E-state index is 6.12. The summed E-state index contributed by atoms with van der Waals surface area (Å²) in [5.74, 6) is 1.53. The molecule has 0 aromatic carbocycles. The summed E-state index contributed by atoms with van der Waals surface area (Å²) in [6.07, 6.45) is 2.05. The van der Waals surface area contributed by atoms with Crippen molar-refractivity contribution in [1.82, 2.24) is 9.55 Å². The second kappa shape index (κ2) is 4.80. The van der Waals surface area contributed by atoms with E-state index >= 15 is 0 Å². The van der Waals surface area contributed by atoms with Crippen molar-refractivity contribution in [3.63, 3.8) is 0 Å². The average Bonchev–Trinajstić information content (AvgIpc) is 2.41. The number of imidazole rings is 1. The highest BCUT2D eigenvalue weighted by Crippen LogP contribution is 2.19. The highest BCUT2D eigenvalue weighted by atomic mass is 35.5. The molecule has 1 rings (SSSR count). The Morgan fingerprint density at radius 3 is 2.57 bits per heavy atom. The van der Waals surface area contributed by atoms with E-state index in [0.717, 1.165) is 29.5 Å². The predicted molar refractivity (Wildman–Crippen MR) is 59.3 cm³/mol. The van der Waals surface area contributed by atoms with Gasteiger partial charge in [-0.3, -0.25) is 0 Å². The molecule has 1 aromatic rings. The molecule has 1 heterocycles. The van der Waals surface area contributed by atoms with E-state index in [2.05, 4.69) is 18.8 Å². The Hall–Kier alpha value is -0.540. The number of nitrogens with zero attached hydrogens (tertiary/aromatic N) is 2. The van der Waals surface area contributed by atoms with E-state index in [4.69, 9.17) is 17.3 Å². The Kier molecular flexibility index (Phi) is 3.96. The first-order valence-electron chi connectivity index (χ1n) is 4.96. The number of hydrogen-bond acceptors (Lipinski definition) is 2. The maximum atomic E-state index is 6.12. The molecule has 0 unspecified atom stereocenters. The van der Waals surface area contributed by atoms with Crippen LogP contribution in [0.5, 0.6) is 0 Å². The van der Waals surface area contributed by atoms with Gasteiger partial charge in [0.2, 0.25) is 0 Å². The summed E-state index contributed by atoms with van der Waals surface area (Å²) in [6.45, 7) is 4.83. The van der Waals surface area contributed by atoms with Crippen LogP contribution in [0.3, 0.4) is 0 Å². The normalized spacial score (nSPS) is 11.3. The Balaban J connectivity index is 2.77. The molecule has 1 aromatic heterocycles. The Bertz CT molecular complexity index is 305.